The van der Waals surface area contributed by atoms with Crippen LogP contribution in [-0.2, 0) is 0 Å². The van der Waals surface area contributed by atoms with Crippen molar-refractivity contribution in [3.8, 4) is 17.2 Å². The van der Waals surface area contributed by atoms with Crippen LogP contribution < -0.4 is 14.8 Å². The number of alkyl halides is 5. The maximum absolute atomic E-state index is 14.7. The summed E-state index contributed by atoms with van der Waals surface area (Å²) in [5.41, 5.74) is -5.89. The summed E-state index contributed by atoms with van der Waals surface area (Å²) in [4.78, 5) is 16.6. The lowest BCUT2D eigenvalue weighted by Crippen LogP contribution is -2.15. The summed E-state index contributed by atoms with van der Waals surface area (Å²) >= 11 is 4.67. The number of carbonyl (C=O) groups is 1. The third kappa shape index (κ3) is 5.72. The lowest BCUT2D eigenvalue weighted by atomic mass is 10.1. The van der Waals surface area contributed by atoms with E-state index in [1.165, 1.54) is 0 Å². The predicted molar refractivity (Wildman–Crippen MR) is 98.6 cm³/mol. The molecule has 7 nitrogen and oxygen atoms in total. The van der Waals surface area contributed by atoms with Crippen LogP contribution in [-0.4, -0.2) is 26.6 Å². The second-order valence-electron chi connectivity index (χ2n) is 5.99. The topological polar surface area (TPSA) is 85.9 Å². The van der Waals surface area contributed by atoms with E-state index >= 15 is 0 Å². The molecule has 13 heteroatoms. The first kappa shape index (κ1) is 23.0. The molecule has 0 saturated carbocycles. The lowest BCUT2D eigenvalue weighted by molar-refractivity contribution is -0.0965. The third-order valence-corrected chi connectivity index (χ3v) is 3.86. The van der Waals surface area contributed by atoms with Gasteiger partial charge in [0.2, 0.25) is 0 Å². The molecule has 1 N–H and O–H groups in total. The number of carbonyl (C=O) groups excluding carboxylic acids is 1. The second kappa shape index (κ2) is 9.22. The quantitative estimate of drug-likeness (QED) is 0.311. The molecular weight excluding hydrogens is 465 g/mol. The van der Waals surface area contributed by atoms with E-state index in [1.807, 2.05) is 0 Å². The van der Waals surface area contributed by atoms with Crippen LogP contribution in [0.1, 0.15) is 22.3 Å². The number of aromatic nitrogens is 2. The Labute approximate surface area is 180 Å². The summed E-state index contributed by atoms with van der Waals surface area (Å²) in [6, 6.07) is 7.23. The fraction of sp³-hybridized carbons (Fsp3) is 0.105. The molecule has 0 spiro atoms. The predicted octanol–water partition coefficient (Wildman–Crippen LogP) is 4.90. The van der Waals surface area contributed by atoms with Gasteiger partial charge in [0.25, 0.3) is 12.3 Å². The first-order valence-corrected chi connectivity index (χ1v) is 8.89. The summed E-state index contributed by atoms with van der Waals surface area (Å²) in [5.74, 6) is -3.65. The van der Waals surface area contributed by atoms with Gasteiger partial charge in [-0.3, -0.25) is 4.79 Å². The van der Waals surface area contributed by atoms with Crippen LogP contribution in [0.5, 0.6) is 17.2 Å². The van der Waals surface area contributed by atoms with E-state index in [2.05, 4.69) is 26.4 Å². The largest absolute Gasteiger partial charge is 0.487 e. The summed E-state index contributed by atoms with van der Waals surface area (Å²) in [5, 5.41) is 12.4. The van der Waals surface area contributed by atoms with Crippen LogP contribution in [0.15, 0.2) is 59.9 Å². The molecule has 32 heavy (non-hydrogen) atoms. The number of amides is 1. The molecule has 0 unspecified atom stereocenters. The summed E-state index contributed by atoms with van der Waals surface area (Å²) in [6.07, 6.45) is -1.22. The molecule has 0 aliphatic heterocycles. The van der Waals surface area contributed by atoms with Crippen molar-refractivity contribution < 1.29 is 41.4 Å². The summed E-state index contributed by atoms with van der Waals surface area (Å²) in [7, 11) is 0. The molecular formula is C19H11ClF5N3O4. The molecule has 0 radical (unpaired) electrons. The van der Waals surface area contributed by atoms with Gasteiger partial charge in [0.05, 0.1) is 23.3 Å². The molecule has 0 aliphatic rings. The van der Waals surface area contributed by atoms with Gasteiger partial charge in [-0.2, -0.15) is 0 Å². The van der Waals surface area contributed by atoms with Crippen LogP contribution in [0.25, 0.3) is 0 Å². The average molecular weight is 476 g/mol. The van der Waals surface area contributed by atoms with Crippen molar-refractivity contribution >= 4 is 17.5 Å². The normalized spacial score (nSPS) is 12.2. The van der Waals surface area contributed by atoms with E-state index in [1.54, 1.807) is 0 Å². The third-order valence-electron chi connectivity index (χ3n) is 3.79. The van der Waals surface area contributed by atoms with E-state index in [-0.39, 0.29) is 16.9 Å². The minimum atomic E-state index is -3.95. The van der Waals surface area contributed by atoms with Crippen molar-refractivity contribution in [2.24, 2.45) is 4.99 Å². The molecule has 0 atom stereocenters. The number of halogens is 6. The summed E-state index contributed by atoms with van der Waals surface area (Å²) in [6.45, 7) is 0. The molecule has 1 aromatic heterocycles. The molecule has 3 rings (SSSR count). The van der Waals surface area contributed by atoms with E-state index in [9.17, 15) is 26.7 Å². The van der Waals surface area contributed by atoms with Crippen molar-refractivity contribution in [2.75, 3.05) is 0 Å². The number of hydrogen-bond acceptors (Lipinski definition) is 5. The highest BCUT2D eigenvalue weighted by Gasteiger charge is 2.28. The second-order valence-corrected chi connectivity index (χ2v) is 6.43. The Hall–Kier alpha value is -3.67. The maximum atomic E-state index is 14.7. The maximum Gasteiger partial charge on any atom is 0.487 e. The molecule has 0 fully saturated rings. The Morgan fingerprint density at radius 3 is 2.34 bits per heavy atom. The number of nitrogens with zero attached hydrogens (tertiary/aromatic N) is 3. The zero-order valence-electron chi connectivity index (χ0n) is 15.6. The Balaban J connectivity index is 1.99. The van der Waals surface area contributed by atoms with Crippen molar-refractivity contribution in [1.82, 2.24) is 9.94 Å². The van der Waals surface area contributed by atoms with Crippen LogP contribution in [0, 0.1) is 5.82 Å². The fourth-order valence-corrected chi connectivity index (χ4v) is 2.53. The van der Waals surface area contributed by atoms with E-state index in [4.69, 9.17) is 9.94 Å². The van der Waals surface area contributed by atoms with Crippen molar-refractivity contribution in [1.29, 1.82) is 0 Å². The lowest BCUT2D eigenvalue weighted by Gasteiger charge is -2.14. The molecule has 168 valence electrons. The fourth-order valence-electron chi connectivity index (χ4n) is 2.45. The van der Waals surface area contributed by atoms with E-state index in [0.717, 1.165) is 54.9 Å². The minimum Gasteiger partial charge on any atom is -0.456 e. The van der Waals surface area contributed by atoms with Crippen LogP contribution >= 0.6 is 11.6 Å². The van der Waals surface area contributed by atoms with Gasteiger partial charge in [-0.15, -0.1) is 18.7 Å². The molecule has 0 aliphatic carbocycles. The van der Waals surface area contributed by atoms with Gasteiger partial charge in [0, 0.05) is 11.6 Å². The van der Waals surface area contributed by atoms with E-state index in [0.29, 0.717) is 4.85 Å². The smallest absolute Gasteiger partial charge is 0.456 e. The number of hydrogen-bond donors (Lipinski definition) is 1. The van der Waals surface area contributed by atoms with Gasteiger partial charge >= 0.3 is 5.57 Å². The van der Waals surface area contributed by atoms with Gasteiger partial charge < -0.3 is 14.7 Å². The molecule has 0 saturated heterocycles. The van der Waals surface area contributed by atoms with Gasteiger partial charge in [-0.05, 0) is 42.5 Å². The average Bonchev–Trinajstić information content (AvgIpc) is 2.70. The molecule has 2 aromatic carbocycles. The highest BCUT2D eigenvalue weighted by atomic mass is 35.5. The standard InChI is InChI=1S/C19H11ClF5N3O4/c20-19(24,25)32-12-3-1-11(2-4-12)31-14-6-5-13(17(22)23)16(21)15(14)18(29)27-10-7-8-28(30)26-9-10/h1-9,17,30H. The van der Waals surface area contributed by atoms with Gasteiger partial charge in [-0.1, -0.05) is 0 Å². The number of rotatable bonds is 6. The highest BCUT2D eigenvalue weighted by Crippen LogP contribution is 2.34. The van der Waals surface area contributed by atoms with Crippen molar-refractivity contribution in [2.45, 2.75) is 12.0 Å². The first-order chi connectivity index (χ1) is 15.0. The zero-order chi connectivity index (χ0) is 23.5. The molecule has 1 heterocycles. The molecule has 3 aromatic rings. The molecule has 0 bridgehead atoms. The van der Waals surface area contributed by atoms with Gasteiger partial charge in [0.15, 0.2) is 0 Å². The van der Waals surface area contributed by atoms with Gasteiger partial charge in [-0.25, -0.2) is 18.2 Å². The van der Waals surface area contributed by atoms with Gasteiger partial charge in [0.1, 0.15) is 28.6 Å². The number of benzene rings is 2. The SMILES string of the molecule is O=C(N=c1ccn(O)nc1)c1c(Oc2ccc(OC(F)(F)Cl)cc2)ccc(C(F)F)c1F. The van der Waals surface area contributed by atoms with Crippen molar-refractivity contribution in [3.05, 3.63) is 77.2 Å². The zero-order valence-corrected chi connectivity index (χ0v) is 16.3. The van der Waals surface area contributed by atoms with Crippen LogP contribution in [0.4, 0.5) is 22.0 Å². The van der Waals surface area contributed by atoms with Crippen LogP contribution in [0.3, 0.4) is 0 Å². The Bertz CT molecular complexity index is 1180. The monoisotopic (exact) mass is 475 g/mol. The minimum absolute atomic E-state index is 0.0591. The first-order valence-electron chi connectivity index (χ1n) is 8.51. The Morgan fingerprint density at radius 1 is 1.12 bits per heavy atom. The van der Waals surface area contributed by atoms with Crippen molar-refractivity contribution in [3.63, 3.8) is 0 Å². The highest BCUT2D eigenvalue weighted by molar-refractivity contribution is 6.20. The van der Waals surface area contributed by atoms with Crippen LogP contribution in [0.2, 0.25) is 0 Å². The Kier molecular flexibility index (Phi) is 6.63. The molecule has 1 amide bonds. The number of ether oxygens (including phenoxy) is 2. The van der Waals surface area contributed by atoms with E-state index < -0.39 is 40.6 Å². The summed E-state index contributed by atoms with van der Waals surface area (Å²) < 4.78 is 75.9. The Morgan fingerprint density at radius 2 is 1.78 bits per heavy atom.